The number of piperidine rings is 1. The highest BCUT2D eigenvalue weighted by Gasteiger charge is 2.41. The summed E-state index contributed by atoms with van der Waals surface area (Å²) in [7, 11) is 0. The molecule has 0 aliphatic carbocycles. The molecule has 0 bridgehead atoms. The highest BCUT2D eigenvalue weighted by Crippen LogP contribution is 2.39. The minimum Gasteiger partial charge on any atom is -0.384 e. The Morgan fingerprint density at radius 3 is 2.48 bits per heavy atom. The number of alkyl halides is 1. The van der Waals surface area contributed by atoms with Gasteiger partial charge in [0, 0.05) is 63.4 Å². The predicted octanol–water partition coefficient (Wildman–Crippen LogP) is 5.89. The van der Waals surface area contributed by atoms with Crippen LogP contribution in [-0.2, 0) is 16.1 Å². The number of unbranched alkanes of at least 4 members (excludes halogenated alkanes) is 3. The van der Waals surface area contributed by atoms with Crippen LogP contribution in [0.4, 0.5) is 13.2 Å². The zero-order valence-corrected chi connectivity index (χ0v) is 28.0. The summed E-state index contributed by atoms with van der Waals surface area (Å²) in [6.07, 6.45) is 4.79. The number of hydrogen-bond acceptors (Lipinski definition) is 5. The van der Waals surface area contributed by atoms with Gasteiger partial charge in [-0.2, -0.15) is 0 Å². The fourth-order valence-electron chi connectivity index (χ4n) is 7.04. The van der Waals surface area contributed by atoms with Crippen LogP contribution in [0.3, 0.4) is 0 Å². The molecular weight excluding hydrogens is 619 g/mol. The van der Waals surface area contributed by atoms with Gasteiger partial charge in [0.1, 0.15) is 29.7 Å². The van der Waals surface area contributed by atoms with Crippen molar-refractivity contribution in [2.24, 2.45) is 11.8 Å². The van der Waals surface area contributed by atoms with Gasteiger partial charge in [0.2, 0.25) is 5.91 Å². The van der Waals surface area contributed by atoms with E-state index in [9.17, 15) is 19.1 Å². The second-order valence-corrected chi connectivity index (χ2v) is 13.3. The highest BCUT2D eigenvalue weighted by molar-refractivity contribution is 5.81. The third-order valence-electron chi connectivity index (χ3n) is 9.72. The minimum atomic E-state index is -1.36. The first-order chi connectivity index (χ1) is 23.2. The number of carbonyl (C=O) groups is 2. The summed E-state index contributed by atoms with van der Waals surface area (Å²) in [5.41, 5.74) is 1.13. The summed E-state index contributed by atoms with van der Waals surface area (Å²) in [5, 5.41) is 13.7. The predicted molar refractivity (Wildman–Crippen MR) is 179 cm³/mol. The van der Waals surface area contributed by atoms with Crippen molar-refractivity contribution < 1.29 is 27.9 Å². The van der Waals surface area contributed by atoms with Gasteiger partial charge in [-0.1, -0.05) is 56.5 Å². The molecule has 2 fully saturated rings. The zero-order chi connectivity index (χ0) is 34.2. The van der Waals surface area contributed by atoms with Crippen LogP contribution in [0, 0.1) is 23.5 Å². The summed E-state index contributed by atoms with van der Waals surface area (Å²) in [5.74, 6) is -1.95. The Kier molecular flexibility index (Phi) is 12.3. The molecule has 2 aliphatic heterocycles. The molecular formula is C37H48F3N5O3. The fourth-order valence-corrected chi connectivity index (χ4v) is 7.04. The maximum Gasteiger partial charge on any atom is 0.251 e. The summed E-state index contributed by atoms with van der Waals surface area (Å²) in [6.45, 7) is 5.44. The van der Waals surface area contributed by atoms with Crippen LogP contribution in [0.15, 0.2) is 54.7 Å². The third kappa shape index (κ3) is 8.66. The van der Waals surface area contributed by atoms with Crippen molar-refractivity contribution in [3.63, 3.8) is 0 Å². The second-order valence-electron chi connectivity index (χ2n) is 13.3. The second kappa shape index (κ2) is 16.6. The number of aliphatic hydroxyl groups excluding tert-OH is 1. The number of carbonyl (C=O) groups excluding carboxylic acids is 2. The van der Waals surface area contributed by atoms with Crippen LogP contribution < -0.4 is 5.32 Å². The first-order valence-electron chi connectivity index (χ1n) is 17.3. The van der Waals surface area contributed by atoms with E-state index in [0.29, 0.717) is 51.3 Å². The topological polar surface area (TPSA) is 90.7 Å². The number of imidazole rings is 1. The van der Waals surface area contributed by atoms with Crippen LogP contribution in [0.5, 0.6) is 0 Å². The van der Waals surface area contributed by atoms with E-state index in [0.717, 1.165) is 49.4 Å². The number of likely N-dealkylation sites (tertiary alicyclic amines) is 1. The van der Waals surface area contributed by atoms with Crippen LogP contribution in [0.2, 0.25) is 0 Å². The smallest absolute Gasteiger partial charge is 0.251 e. The van der Waals surface area contributed by atoms with Gasteiger partial charge >= 0.3 is 0 Å². The van der Waals surface area contributed by atoms with Gasteiger partial charge in [0.25, 0.3) is 5.91 Å². The van der Waals surface area contributed by atoms with Crippen LogP contribution >= 0.6 is 0 Å². The number of nitrogens with zero attached hydrogens (tertiary/aromatic N) is 4. The van der Waals surface area contributed by atoms with Crippen molar-refractivity contribution in [2.75, 3.05) is 32.7 Å². The van der Waals surface area contributed by atoms with Gasteiger partial charge in [-0.3, -0.25) is 9.59 Å². The highest BCUT2D eigenvalue weighted by atomic mass is 19.1. The molecule has 4 atom stereocenters. The molecule has 11 heteroatoms. The third-order valence-corrected chi connectivity index (χ3v) is 9.72. The first-order valence-corrected chi connectivity index (χ1v) is 17.3. The van der Waals surface area contributed by atoms with E-state index < -0.39 is 41.8 Å². The van der Waals surface area contributed by atoms with Crippen molar-refractivity contribution in [3.05, 3.63) is 77.8 Å². The maximum atomic E-state index is 15.1. The van der Waals surface area contributed by atoms with Crippen molar-refractivity contribution in [1.29, 1.82) is 0 Å². The number of aliphatic hydroxyl groups is 1. The molecule has 0 unspecified atom stereocenters. The van der Waals surface area contributed by atoms with Gasteiger partial charge in [-0.05, 0) is 55.9 Å². The normalized spacial score (nSPS) is 19.8. The van der Waals surface area contributed by atoms with E-state index >= 15 is 8.78 Å². The van der Waals surface area contributed by atoms with E-state index in [4.69, 9.17) is 4.98 Å². The Morgan fingerprint density at radius 1 is 1.06 bits per heavy atom. The lowest BCUT2D eigenvalue weighted by atomic mass is 9.86. The number of nitrogens with one attached hydrogen (secondary N) is 1. The van der Waals surface area contributed by atoms with Crippen LogP contribution in [0.1, 0.15) is 76.2 Å². The molecule has 2 aliphatic rings. The summed E-state index contributed by atoms with van der Waals surface area (Å²) in [6, 6.07) is 12.1. The Hall–Kier alpha value is -3.70. The Labute approximate surface area is 281 Å². The number of hydrogen-bond donors (Lipinski definition) is 2. The quantitative estimate of drug-likeness (QED) is 0.209. The maximum absolute atomic E-state index is 15.1. The lowest BCUT2D eigenvalue weighted by molar-refractivity contribution is -0.146. The molecule has 48 heavy (non-hydrogen) atoms. The van der Waals surface area contributed by atoms with Crippen molar-refractivity contribution in [2.45, 2.75) is 83.7 Å². The average molecular weight is 668 g/mol. The van der Waals surface area contributed by atoms with Gasteiger partial charge in [0.05, 0.1) is 11.7 Å². The number of benzene rings is 2. The molecule has 0 radical (unpaired) electrons. The molecule has 3 aromatic rings. The lowest BCUT2D eigenvalue weighted by Crippen LogP contribution is -2.49. The molecule has 5 rings (SSSR count). The molecule has 2 saturated heterocycles. The van der Waals surface area contributed by atoms with Gasteiger partial charge in [-0.15, -0.1) is 0 Å². The molecule has 0 spiro atoms. The van der Waals surface area contributed by atoms with Crippen molar-refractivity contribution >= 4 is 11.8 Å². The minimum absolute atomic E-state index is 0.0116. The fraction of sp³-hybridized carbons (Fsp3) is 0.541. The number of aromatic nitrogens is 2. The van der Waals surface area contributed by atoms with Crippen LogP contribution in [-0.4, -0.2) is 81.3 Å². The van der Waals surface area contributed by atoms with E-state index in [1.807, 2.05) is 39.8 Å². The van der Waals surface area contributed by atoms with E-state index in [1.54, 1.807) is 11.1 Å². The lowest BCUT2D eigenvalue weighted by Gasteiger charge is -2.42. The van der Waals surface area contributed by atoms with Gasteiger partial charge in [0.15, 0.2) is 0 Å². The summed E-state index contributed by atoms with van der Waals surface area (Å²) >= 11 is 0. The molecule has 2 aromatic carbocycles. The monoisotopic (exact) mass is 667 g/mol. The molecule has 260 valence electrons. The molecule has 3 heterocycles. The molecule has 2 amide bonds. The van der Waals surface area contributed by atoms with Crippen molar-refractivity contribution in [3.8, 4) is 11.3 Å². The van der Waals surface area contributed by atoms with Crippen molar-refractivity contribution in [1.82, 2.24) is 24.7 Å². The van der Waals surface area contributed by atoms with Gasteiger partial charge < -0.3 is 24.8 Å². The molecule has 8 nitrogen and oxygen atoms in total. The van der Waals surface area contributed by atoms with Gasteiger partial charge in [-0.25, -0.2) is 18.2 Å². The van der Waals surface area contributed by atoms with Crippen LogP contribution in [0.25, 0.3) is 11.3 Å². The number of amides is 2. The summed E-state index contributed by atoms with van der Waals surface area (Å²) in [4.78, 5) is 35.3. The van der Waals surface area contributed by atoms with E-state index in [-0.39, 0.29) is 36.2 Å². The average Bonchev–Trinajstić information content (AvgIpc) is 3.69. The largest absolute Gasteiger partial charge is 0.384 e. The van der Waals surface area contributed by atoms with E-state index in [2.05, 4.69) is 12.2 Å². The first kappa shape index (κ1) is 35.6. The SMILES string of the molecule is CCCCCCC(=O)N1CCC([C@H](c2nc(-c3cc(F)ccc3F)cn2Cc2ccccc2)N(C[C@@H]2CNC[C@@H]2F)C(=O)[C@H](C)O)CC1. The number of rotatable bonds is 14. The Morgan fingerprint density at radius 2 is 1.81 bits per heavy atom. The number of halogens is 3. The molecule has 1 aromatic heterocycles. The summed E-state index contributed by atoms with van der Waals surface area (Å²) < 4.78 is 46.5. The standard InChI is InChI=1S/C37H48F3N5O3/c1-3-4-5-9-12-34(47)43-17-15-27(16-18-43)35(45(37(48)25(2)46)23-28-20-41-21-32(28)40)36-42-33(30-19-29(38)13-14-31(30)39)24-44(36)22-26-10-7-6-8-11-26/h6-8,10-11,13-14,19,24-25,27-28,32,35,41,46H,3-5,9,12,15-18,20-23H2,1-2H3/t25-,28-,32-,35+/m0/s1. The molecule has 0 saturated carbocycles. The molecule has 2 N–H and O–H groups in total. The van der Waals surface area contributed by atoms with E-state index in [1.165, 1.54) is 6.92 Å². The Bertz CT molecular complexity index is 1510. The zero-order valence-electron chi connectivity index (χ0n) is 28.0. The Balaban J connectivity index is 1.56.